The second-order valence-electron chi connectivity index (χ2n) is 7.93. The maximum absolute atomic E-state index is 10.6. The summed E-state index contributed by atoms with van der Waals surface area (Å²) < 4.78 is 17.7. The van der Waals surface area contributed by atoms with Crippen LogP contribution >= 0.6 is 0 Å². The summed E-state index contributed by atoms with van der Waals surface area (Å²) in [6.45, 7) is 16.6. The molecule has 0 aromatic heterocycles. The van der Waals surface area contributed by atoms with E-state index >= 15 is 0 Å². The number of hydrogen-bond donors (Lipinski definition) is 1. The molecule has 0 spiro atoms. The van der Waals surface area contributed by atoms with Crippen molar-refractivity contribution < 1.29 is 19.0 Å². The minimum atomic E-state index is -2.05. The Kier molecular flexibility index (Phi) is 7.72. The monoisotopic (exact) mass is 366 g/mol. The van der Waals surface area contributed by atoms with Crippen LogP contribution in [0.15, 0.2) is 36.9 Å². The van der Waals surface area contributed by atoms with Gasteiger partial charge in [0.25, 0.3) is 0 Å². The van der Waals surface area contributed by atoms with Crippen LogP contribution in [-0.4, -0.2) is 38.8 Å². The normalized spacial score (nSPS) is 16.0. The fourth-order valence-electron chi connectivity index (χ4n) is 2.25. The molecule has 1 rings (SSSR count). The molecule has 0 aliphatic heterocycles. The lowest BCUT2D eigenvalue weighted by Crippen LogP contribution is -2.51. The van der Waals surface area contributed by atoms with Crippen LogP contribution in [0, 0.1) is 0 Å². The molecule has 1 unspecified atom stereocenters. The van der Waals surface area contributed by atoms with E-state index in [2.05, 4.69) is 40.4 Å². The lowest BCUT2D eigenvalue weighted by atomic mass is 10.1. The molecule has 0 fully saturated rings. The highest BCUT2D eigenvalue weighted by Crippen LogP contribution is 2.38. The van der Waals surface area contributed by atoms with Gasteiger partial charge in [-0.15, -0.1) is 6.58 Å². The van der Waals surface area contributed by atoms with E-state index in [-0.39, 0.29) is 11.1 Å². The van der Waals surface area contributed by atoms with Gasteiger partial charge in [-0.2, -0.15) is 0 Å². The summed E-state index contributed by atoms with van der Waals surface area (Å²) in [5, 5.41) is 10.6. The first-order valence-corrected chi connectivity index (χ1v) is 11.7. The predicted octanol–water partition coefficient (Wildman–Crippen LogP) is 4.79. The van der Waals surface area contributed by atoms with Crippen LogP contribution in [0.4, 0.5) is 0 Å². The highest BCUT2D eigenvalue weighted by Gasteiger charge is 2.42. The van der Waals surface area contributed by atoms with Crippen LogP contribution in [-0.2, 0) is 4.43 Å². The van der Waals surface area contributed by atoms with Crippen molar-refractivity contribution in [1.29, 1.82) is 0 Å². The SMILES string of the molecule is C=CCC(O)[C@@H](O[Si](C)(C)C(C)(C)C)[C@@H](C)Oc1ccc(OC)cc1. The molecule has 142 valence electrons. The molecule has 0 saturated carbocycles. The number of hydrogen-bond acceptors (Lipinski definition) is 4. The number of aliphatic hydroxyl groups is 1. The first-order chi connectivity index (χ1) is 11.5. The maximum atomic E-state index is 10.6. The average Bonchev–Trinajstić information content (AvgIpc) is 2.52. The summed E-state index contributed by atoms with van der Waals surface area (Å²) in [6.07, 6.45) is 0.820. The largest absolute Gasteiger partial charge is 0.497 e. The van der Waals surface area contributed by atoms with Crippen molar-refractivity contribution in [2.75, 3.05) is 7.11 Å². The van der Waals surface area contributed by atoms with Crippen LogP contribution in [0.5, 0.6) is 11.5 Å². The minimum Gasteiger partial charge on any atom is -0.497 e. The molecule has 0 heterocycles. The van der Waals surface area contributed by atoms with Gasteiger partial charge in [0.05, 0.1) is 13.2 Å². The Balaban J connectivity index is 2.95. The molecule has 0 saturated heterocycles. The molecule has 1 aromatic rings. The molecular weight excluding hydrogens is 332 g/mol. The van der Waals surface area contributed by atoms with Crippen LogP contribution in [0.1, 0.15) is 34.1 Å². The second kappa shape index (κ2) is 8.88. The Morgan fingerprint density at radius 3 is 2.12 bits per heavy atom. The summed E-state index contributed by atoms with van der Waals surface area (Å²) >= 11 is 0. The van der Waals surface area contributed by atoms with E-state index in [0.717, 1.165) is 11.5 Å². The Morgan fingerprint density at radius 2 is 1.68 bits per heavy atom. The smallest absolute Gasteiger partial charge is 0.192 e. The third kappa shape index (κ3) is 6.17. The molecule has 0 aliphatic rings. The Labute approximate surface area is 153 Å². The number of ether oxygens (including phenoxy) is 2. The third-order valence-electron chi connectivity index (χ3n) is 4.87. The number of rotatable bonds is 9. The maximum Gasteiger partial charge on any atom is 0.192 e. The number of methoxy groups -OCH3 is 1. The van der Waals surface area contributed by atoms with Crippen LogP contribution in [0.3, 0.4) is 0 Å². The van der Waals surface area contributed by atoms with E-state index in [4.69, 9.17) is 13.9 Å². The lowest BCUT2D eigenvalue weighted by Gasteiger charge is -2.42. The van der Waals surface area contributed by atoms with Crippen molar-refractivity contribution in [3.63, 3.8) is 0 Å². The molecule has 1 aromatic carbocycles. The zero-order valence-electron chi connectivity index (χ0n) is 16.7. The molecule has 25 heavy (non-hydrogen) atoms. The minimum absolute atomic E-state index is 0.0545. The fraction of sp³-hybridized carbons (Fsp3) is 0.600. The van der Waals surface area contributed by atoms with E-state index in [0.29, 0.717) is 6.42 Å². The first kappa shape index (κ1) is 21.7. The quantitative estimate of drug-likeness (QED) is 0.504. The van der Waals surface area contributed by atoms with Crippen LogP contribution in [0.25, 0.3) is 0 Å². The molecule has 0 bridgehead atoms. The molecular formula is C20H34O4Si. The number of benzene rings is 1. The molecule has 3 atom stereocenters. The summed E-state index contributed by atoms with van der Waals surface area (Å²) in [7, 11) is -0.417. The molecule has 0 aliphatic carbocycles. The van der Waals surface area contributed by atoms with Crippen molar-refractivity contribution >= 4 is 8.32 Å². The van der Waals surface area contributed by atoms with Gasteiger partial charge in [0, 0.05) is 0 Å². The van der Waals surface area contributed by atoms with Crippen molar-refractivity contribution in [3.05, 3.63) is 36.9 Å². The van der Waals surface area contributed by atoms with E-state index in [1.165, 1.54) is 0 Å². The molecule has 4 nitrogen and oxygen atoms in total. The van der Waals surface area contributed by atoms with Gasteiger partial charge in [-0.25, -0.2) is 0 Å². The fourth-order valence-corrected chi connectivity index (χ4v) is 3.63. The van der Waals surface area contributed by atoms with E-state index in [9.17, 15) is 5.11 Å². The van der Waals surface area contributed by atoms with Gasteiger partial charge in [0.1, 0.15) is 23.7 Å². The Morgan fingerprint density at radius 1 is 1.16 bits per heavy atom. The summed E-state index contributed by atoms with van der Waals surface area (Å²) in [5.41, 5.74) is 0. The summed E-state index contributed by atoms with van der Waals surface area (Å²) in [6, 6.07) is 7.43. The predicted molar refractivity (Wildman–Crippen MR) is 106 cm³/mol. The first-order valence-electron chi connectivity index (χ1n) is 8.79. The van der Waals surface area contributed by atoms with E-state index < -0.39 is 20.5 Å². The van der Waals surface area contributed by atoms with E-state index in [1.807, 2.05) is 31.2 Å². The number of aliphatic hydroxyl groups excluding tert-OH is 1. The Hall–Kier alpha value is -1.30. The van der Waals surface area contributed by atoms with Gasteiger partial charge in [-0.05, 0) is 55.7 Å². The van der Waals surface area contributed by atoms with Crippen molar-refractivity contribution in [1.82, 2.24) is 0 Å². The zero-order chi connectivity index (χ0) is 19.3. The average molecular weight is 367 g/mol. The summed E-state index contributed by atoms with van der Waals surface area (Å²) in [4.78, 5) is 0. The standard InChI is InChI=1S/C20H34O4Si/c1-9-10-18(21)19(24-25(7,8)20(3,4)5)15(2)23-17-13-11-16(22-6)12-14-17/h9,11-15,18-19,21H,1,10H2,2-8H3/t15-,18?,19+/m1/s1. The van der Waals surface area contributed by atoms with Gasteiger partial charge in [0.2, 0.25) is 0 Å². The molecule has 0 radical (unpaired) electrons. The zero-order valence-corrected chi connectivity index (χ0v) is 17.7. The highest BCUT2D eigenvalue weighted by molar-refractivity contribution is 6.74. The summed E-state index contributed by atoms with van der Waals surface area (Å²) in [5.74, 6) is 1.50. The molecule has 0 amide bonds. The van der Waals surface area contributed by atoms with Gasteiger partial charge in [0.15, 0.2) is 8.32 Å². The van der Waals surface area contributed by atoms with Gasteiger partial charge < -0.3 is 19.0 Å². The third-order valence-corrected chi connectivity index (χ3v) is 9.34. The second-order valence-corrected chi connectivity index (χ2v) is 12.7. The highest BCUT2D eigenvalue weighted by atomic mass is 28.4. The van der Waals surface area contributed by atoms with Gasteiger partial charge in [-0.3, -0.25) is 0 Å². The van der Waals surface area contributed by atoms with Crippen molar-refractivity contribution in [3.8, 4) is 11.5 Å². The van der Waals surface area contributed by atoms with Crippen molar-refractivity contribution in [2.45, 2.75) is 70.6 Å². The molecule has 5 heteroatoms. The van der Waals surface area contributed by atoms with Gasteiger partial charge >= 0.3 is 0 Å². The van der Waals surface area contributed by atoms with Crippen LogP contribution < -0.4 is 9.47 Å². The lowest BCUT2D eigenvalue weighted by molar-refractivity contribution is -0.0324. The Bertz CT molecular complexity index is 534. The van der Waals surface area contributed by atoms with E-state index in [1.54, 1.807) is 13.2 Å². The van der Waals surface area contributed by atoms with Crippen molar-refractivity contribution in [2.24, 2.45) is 0 Å². The van der Waals surface area contributed by atoms with Crippen LogP contribution in [0.2, 0.25) is 18.1 Å². The topological polar surface area (TPSA) is 47.9 Å². The van der Waals surface area contributed by atoms with Gasteiger partial charge in [-0.1, -0.05) is 26.8 Å². The molecule has 1 N–H and O–H groups in total.